The number of aryl methyl sites for hydroxylation is 1. The summed E-state index contributed by atoms with van der Waals surface area (Å²) in [5.74, 6) is 1.32. The van der Waals surface area contributed by atoms with E-state index in [1.165, 1.54) is 16.9 Å². The van der Waals surface area contributed by atoms with Gasteiger partial charge in [-0.3, -0.25) is 4.79 Å². The maximum atomic E-state index is 11.7. The highest BCUT2D eigenvalue weighted by atomic mass is 32.1. The quantitative estimate of drug-likeness (QED) is 0.321. The number of aromatic nitrogens is 3. The number of carbonyl (C=O) groups is 1. The van der Waals surface area contributed by atoms with Crippen LogP contribution in [0.4, 0.5) is 16.6 Å². The van der Waals surface area contributed by atoms with Gasteiger partial charge in [0.25, 0.3) is 5.91 Å². The summed E-state index contributed by atoms with van der Waals surface area (Å²) in [6.07, 6.45) is 0. The molecule has 1 amide bonds. The third-order valence-corrected chi connectivity index (χ3v) is 6.46. The fourth-order valence-corrected chi connectivity index (χ4v) is 4.64. The number of ether oxygens (including phenoxy) is 1. The van der Waals surface area contributed by atoms with E-state index in [0.717, 1.165) is 39.2 Å². The van der Waals surface area contributed by atoms with E-state index in [1.54, 1.807) is 0 Å². The maximum Gasteiger partial charge on any atom is 0.262 e. The van der Waals surface area contributed by atoms with Crippen molar-refractivity contribution in [2.24, 2.45) is 0 Å². The Kier molecular flexibility index (Phi) is 5.27. The number of hydrogen-bond acceptors (Lipinski definition) is 6. The average molecular weight is 480 g/mol. The van der Waals surface area contributed by atoms with Crippen LogP contribution in [0.5, 0.6) is 5.75 Å². The molecule has 172 valence electrons. The van der Waals surface area contributed by atoms with Gasteiger partial charge in [-0.05, 0) is 37.3 Å². The van der Waals surface area contributed by atoms with E-state index in [1.807, 2.05) is 64.7 Å². The minimum absolute atomic E-state index is 0.0385. The molecule has 1 aliphatic rings. The van der Waals surface area contributed by atoms with Crippen molar-refractivity contribution in [3.63, 3.8) is 0 Å². The van der Waals surface area contributed by atoms with E-state index < -0.39 is 0 Å². The largest absolute Gasteiger partial charge is 0.482 e. The van der Waals surface area contributed by atoms with Gasteiger partial charge in [-0.2, -0.15) is 5.10 Å². The van der Waals surface area contributed by atoms with Crippen molar-refractivity contribution in [3.05, 3.63) is 89.8 Å². The van der Waals surface area contributed by atoms with Crippen LogP contribution in [0.2, 0.25) is 0 Å². The molecule has 0 unspecified atom stereocenters. The molecule has 3 aromatic carbocycles. The summed E-state index contributed by atoms with van der Waals surface area (Å²) in [7, 11) is 0. The van der Waals surface area contributed by atoms with Crippen molar-refractivity contribution < 1.29 is 9.53 Å². The zero-order valence-corrected chi connectivity index (χ0v) is 19.7. The van der Waals surface area contributed by atoms with Gasteiger partial charge in [-0.15, -0.1) is 11.3 Å². The second-order valence-electron chi connectivity index (χ2n) is 8.24. The predicted molar refractivity (Wildman–Crippen MR) is 139 cm³/mol. The number of nitrogens with zero attached hydrogens (tertiary/aromatic N) is 3. The number of anilines is 3. The molecule has 8 heteroatoms. The minimum Gasteiger partial charge on any atom is -0.482 e. The van der Waals surface area contributed by atoms with Gasteiger partial charge < -0.3 is 15.4 Å². The third kappa shape index (κ3) is 4.27. The zero-order valence-electron chi connectivity index (χ0n) is 18.9. The first-order valence-corrected chi connectivity index (χ1v) is 12.0. The molecule has 0 aliphatic carbocycles. The van der Waals surface area contributed by atoms with Gasteiger partial charge in [-0.1, -0.05) is 48.0 Å². The van der Waals surface area contributed by atoms with E-state index >= 15 is 0 Å². The maximum absolute atomic E-state index is 11.7. The van der Waals surface area contributed by atoms with E-state index in [0.29, 0.717) is 11.4 Å². The lowest BCUT2D eigenvalue weighted by Gasteiger charge is -2.18. The molecule has 0 saturated carbocycles. The van der Waals surface area contributed by atoms with Gasteiger partial charge in [0.05, 0.1) is 22.8 Å². The molecular formula is C27H21N5O2S. The number of fused-ring (bicyclic) bond motifs is 1. The Morgan fingerprint density at radius 1 is 0.971 bits per heavy atom. The Hall–Kier alpha value is -4.43. The fourth-order valence-electron chi connectivity index (χ4n) is 3.92. The number of para-hydroxylation sites is 1. The summed E-state index contributed by atoms with van der Waals surface area (Å²) in [5.41, 5.74) is 6.45. The molecule has 7 nitrogen and oxygen atoms in total. The Balaban J connectivity index is 1.33. The number of amides is 1. The number of thiazole rings is 1. The van der Waals surface area contributed by atoms with Gasteiger partial charge in [-0.25, -0.2) is 9.67 Å². The molecule has 0 bridgehead atoms. The first-order valence-electron chi connectivity index (χ1n) is 11.1. The smallest absolute Gasteiger partial charge is 0.262 e. The molecule has 5 aromatic rings. The van der Waals surface area contributed by atoms with E-state index in [2.05, 4.69) is 41.8 Å². The van der Waals surface area contributed by atoms with Gasteiger partial charge in [0.1, 0.15) is 11.6 Å². The van der Waals surface area contributed by atoms with Crippen molar-refractivity contribution in [3.8, 4) is 34.0 Å². The highest BCUT2D eigenvalue weighted by molar-refractivity contribution is 7.14. The van der Waals surface area contributed by atoms with Crippen molar-refractivity contribution >= 4 is 33.9 Å². The average Bonchev–Trinajstić information content (AvgIpc) is 3.52. The SMILES string of the molecule is Cc1ccc(-c2cc(Nc3nc(-c4ccc5c(c4)NC(=O)CO5)cs3)n(-c3ccccc3)n2)cc1. The van der Waals surface area contributed by atoms with Crippen LogP contribution in [-0.4, -0.2) is 27.3 Å². The Labute approximate surface area is 206 Å². The highest BCUT2D eigenvalue weighted by Gasteiger charge is 2.18. The van der Waals surface area contributed by atoms with Crippen LogP contribution >= 0.6 is 11.3 Å². The van der Waals surface area contributed by atoms with Crippen molar-refractivity contribution in [2.75, 3.05) is 17.2 Å². The van der Waals surface area contributed by atoms with Gasteiger partial charge in [0.15, 0.2) is 11.7 Å². The van der Waals surface area contributed by atoms with Crippen LogP contribution in [0, 0.1) is 6.92 Å². The summed E-state index contributed by atoms with van der Waals surface area (Å²) in [6, 6.07) is 26.1. The summed E-state index contributed by atoms with van der Waals surface area (Å²) in [6.45, 7) is 2.11. The Morgan fingerprint density at radius 3 is 2.60 bits per heavy atom. The third-order valence-electron chi connectivity index (χ3n) is 5.70. The standard InChI is InChI=1S/C27H21N5O2S/c1-17-7-9-18(10-8-17)21-14-25(32(31-21)20-5-3-2-4-6-20)30-27-29-23(16-35-27)19-11-12-24-22(13-19)28-26(33)15-34-24/h2-14,16H,15H2,1H3,(H,28,33)(H,29,30). The molecule has 2 aromatic heterocycles. The Bertz CT molecular complexity index is 1520. The van der Waals surface area contributed by atoms with Crippen LogP contribution in [0.3, 0.4) is 0 Å². The molecule has 0 saturated heterocycles. The van der Waals surface area contributed by atoms with Crippen molar-refractivity contribution in [1.82, 2.24) is 14.8 Å². The topological polar surface area (TPSA) is 81.1 Å². The van der Waals surface area contributed by atoms with Crippen molar-refractivity contribution in [2.45, 2.75) is 6.92 Å². The number of nitrogens with one attached hydrogen (secondary N) is 2. The molecule has 3 heterocycles. The van der Waals surface area contributed by atoms with Crippen LogP contribution in [0.1, 0.15) is 5.56 Å². The summed E-state index contributed by atoms with van der Waals surface area (Å²) in [5, 5.41) is 13.9. The first-order chi connectivity index (χ1) is 17.1. The number of carbonyl (C=O) groups excluding carboxylic acids is 1. The highest BCUT2D eigenvalue weighted by Crippen LogP contribution is 2.35. The number of benzene rings is 3. The molecule has 0 radical (unpaired) electrons. The fraction of sp³-hybridized carbons (Fsp3) is 0.0741. The monoisotopic (exact) mass is 479 g/mol. The number of hydrogen-bond donors (Lipinski definition) is 2. The normalized spacial score (nSPS) is 12.5. The second-order valence-corrected chi connectivity index (χ2v) is 9.10. The molecule has 1 aliphatic heterocycles. The lowest BCUT2D eigenvalue weighted by molar-refractivity contribution is -0.118. The number of rotatable bonds is 5. The summed E-state index contributed by atoms with van der Waals surface area (Å²) < 4.78 is 7.35. The van der Waals surface area contributed by atoms with Gasteiger partial charge in [0.2, 0.25) is 0 Å². The van der Waals surface area contributed by atoms with E-state index in [-0.39, 0.29) is 12.5 Å². The molecule has 35 heavy (non-hydrogen) atoms. The van der Waals surface area contributed by atoms with Crippen LogP contribution in [-0.2, 0) is 4.79 Å². The zero-order chi connectivity index (χ0) is 23.8. The minimum atomic E-state index is -0.158. The van der Waals surface area contributed by atoms with E-state index in [9.17, 15) is 4.79 Å². The predicted octanol–water partition coefficient (Wildman–Crippen LogP) is 6.05. The molecule has 0 spiro atoms. The van der Waals surface area contributed by atoms with Crippen LogP contribution in [0.25, 0.3) is 28.2 Å². The van der Waals surface area contributed by atoms with Crippen LogP contribution < -0.4 is 15.4 Å². The van der Waals surface area contributed by atoms with Crippen molar-refractivity contribution in [1.29, 1.82) is 0 Å². The summed E-state index contributed by atoms with van der Waals surface area (Å²) in [4.78, 5) is 16.5. The molecule has 6 rings (SSSR count). The first kappa shape index (κ1) is 21.1. The van der Waals surface area contributed by atoms with Gasteiger partial charge in [0, 0.05) is 22.6 Å². The van der Waals surface area contributed by atoms with E-state index in [4.69, 9.17) is 14.8 Å². The molecule has 0 fully saturated rings. The molecule has 2 N–H and O–H groups in total. The van der Waals surface area contributed by atoms with Crippen LogP contribution in [0.15, 0.2) is 84.2 Å². The molecular weight excluding hydrogens is 458 g/mol. The Morgan fingerprint density at radius 2 is 1.77 bits per heavy atom. The second kappa shape index (κ2) is 8.73. The van der Waals surface area contributed by atoms with Gasteiger partial charge >= 0.3 is 0 Å². The molecule has 0 atom stereocenters. The lowest BCUT2D eigenvalue weighted by Crippen LogP contribution is -2.25. The lowest BCUT2D eigenvalue weighted by atomic mass is 10.1. The summed E-state index contributed by atoms with van der Waals surface area (Å²) >= 11 is 1.51.